The van der Waals surface area contributed by atoms with Gasteiger partial charge >= 0.3 is 0 Å². The number of aliphatic hydroxyl groups is 1. The Labute approximate surface area is 122 Å². The van der Waals surface area contributed by atoms with Crippen molar-refractivity contribution in [3.05, 3.63) is 35.4 Å². The molecule has 0 spiro atoms. The third kappa shape index (κ3) is 3.60. The van der Waals surface area contributed by atoms with E-state index in [1.54, 1.807) is 0 Å². The minimum atomic E-state index is 0.0592. The van der Waals surface area contributed by atoms with E-state index in [2.05, 4.69) is 43.0 Å². The highest BCUT2D eigenvalue weighted by Gasteiger charge is 2.30. The van der Waals surface area contributed by atoms with Crippen LogP contribution in [0.1, 0.15) is 49.8 Å². The second-order valence-corrected chi connectivity index (χ2v) is 6.14. The third-order valence-corrected chi connectivity index (χ3v) is 4.37. The van der Waals surface area contributed by atoms with Crippen LogP contribution < -0.4 is 5.73 Å². The number of rotatable bonds is 4. The first kappa shape index (κ1) is 15.5. The second kappa shape index (κ2) is 7.21. The maximum absolute atomic E-state index is 9.74. The summed E-state index contributed by atoms with van der Waals surface area (Å²) in [5.41, 5.74) is 8.84. The van der Waals surface area contributed by atoms with Crippen molar-refractivity contribution < 1.29 is 5.11 Å². The van der Waals surface area contributed by atoms with Crippen LogP contribution in [0, 0.1) is 6.92 Å². The molecule has 1 saturated heterocycles. The van der Waals surface area contributed by atoms with Crippen LogP contribution in [0.15, 0.2) is 24.3 Å². The molecule has 1 aliphatic rings. The van der Waals surface area contributed by atoms with Gasteiger partial charge in [0.05, 0.1) is 6.61 Å². The molecular weight excluding hydrogens is 248 g/mol. The molecule has 1 fully saturated rings. The quantitative estimate of drug-likeness (QED) is 0.889. The molecule has 112 valence electrons. The minimum Gasteiger partial charge on any atom is -0.395 e. The first-order valence-electron chi connectivity index (χ1n) is 7.82. The van der Waals surface area contributed by atoms with Crippen LogP contribution in [0.2, 0.25) is 0 Å². The number of aryl methyl sites for hydroxylation is 1. The smallest absolute Gasteiger partial charge is 0.0587 e. The van der Waals surface area contributed by atoms with Crippen LogP contribution in [0.4, 0.5) is 0 Å². The Morgan fingerprint density at radius 2 is 2.15 bits per heavy atom. The molecule has 1 heterocycles. The minimum absolute atomic E-state index is 0.0592. The van der Waals surface area contributed by atoms with E-state index in [1.165, 1.54) is 30.4 Å². The number of likely N-dealkylation sites (tertiary alicyclic amines) is 1. The van der Waals surface area contributed by atoms with Crippen LogP contribution in [0.3, 0.4) is 0 Å². The van der Waals surface area contributed by atoms with Gasteiger partial charge in [-0.05, 0) is 38.8 Å². The zero-order valence-corrected chi connectivity index (χ0v) is 12.8. The van der Waals surface area contributed by atoms with Gasteiger partial charge in [-0.1, -0.05) is 42.7 Å². The Bertz CT molecular complexity index is 419. The fourth-order valence-corrected chi connectivity index (χ4v) is 3.41. The molecule has 0 radical (unpaired) electrons. The molecule has 1 aromatic carbocycles. The lowest BCUT2D eigenvalue weighted by Gasteiger charge is -2.38. The van der Waals surface area contributed by atoms with Crippen LogP contribution in [-0.4, -0.2) is 35.2 Å². The SMILES string of the molecule is Cc1cccc(C(C(C)N)N2CCCCCC2CO)c1. The van der Waals surface area contributed by atoms with Gasteiger partial charge in [0.15, 0.2) is 0 Å². The molecule has 0 amide bonds. The van der Waals surface area contributed by atoms with Gasteiger partial charge < -0.3 is 10.8 Å². The predicted molar refractivity (Wildman–Crippen MR) is 83.6 cm³/mol. The van der Waals surface area contributed by atoms with E-state index < -0.39 is 0 Å². The zero-order valence-electron chi connectivity index (χ0n) is 12.8. The summed E-state index contributed by atoms with van der Waals surface area (Å²) in [7, 11) is 0. The molecule has 3 unspecified atom stereocenters. The van der Waals surface area contributed by atoms with E-state index in [0.29, 0.717) is 0 Å². The molecular formula is C17H28N2O. The first-order chi connectivity index (χ1) is 9.63. The molecule has 0 saturated carbocycles. The van der Waals surface area contributed by atoms with Crippen molar-refractivity contribution in [3.63, 3.8) is 0 Å². The van der Waals surface area contributed by atoms with Crippen molar-refractivity contribution >= 4 is 0 Å². The van der Waals surface area contributed by atoms with Crippen molar-refractivity contribution in [1.82, 2.24) is 4.90 Å². The summed E-state index contributed by atoms with van der Waals surface area (Å²) < 4.78 is 0. The molecule has 3 N–H and O–H groups in total. The summed E-state index contributed by atoms with van der Waals surface area (Å²) in [4.78, 5) is 2.44. The number of nitrogens with two attached hydrogens (primary N) is 1. The zero-order chi connectivity index (χ0) is 14.5. The lowest BCUT2D eigenvalue weighted by molar-refractivity contribution is 0.0747. The lowest BCUT2D eigenvalue weighted by Crippen LogP contribution is -2.46. The fourth-order valence-electron chi connectivity index (χ4n) is 3.41. The average molecular weight is 276 g/mol. The third-order valence-electron chi connectivity index (χ3n) is 4.37. The Hall–Kier alpha value is -0.900. The second-order valence-electron chi connectivity index (χ2n) is 6.14. The van der Waals surface area contributed by atoms with Gasteiger partial charge in [-0.25, -0.2) is 0 Å². The lowest BCUT2D eigenvalue weighted by atomic mass is 9.95. The summed E-state index contributed by atoms with van der Waals surface area (Å²) in [6.07, 6.45) is 4.74. The Balaban J connectivity index is 2.30. The van der Waals surface area contributed by atoms with Gasteiger partial charge in [0.1, 0.15) is 0 Å². The largest absolute Gasteiger partial charge is 0.395 e. The number of aliphatic hydroxyl groups excluding tert-OH is 1. The molecule has 1 aliphatic heterocycles. The predicted octanol–water partition coefficient (Wildman–Crippen LogP) is 2.62. The molecule has 20 heavy (non-hydrogen) atoms. The van der Waals surface area contributed by atoms with E-state index in [4.69, 9.17) is 5.73 Å². The molecule has 3 nitrogen and oxygen atoms in total. The average Bonchev–Trinajstić information content (AvgIpc) is 2.64. The van der Waals surface area contributed by atoms with Crippen molar-refractivity contribution in [1.29, 1.82) is 0 Å². The monoisotopic (exact) mass is 276 g/mol. The van der Waals surface area contributed by atoms with Crippen LogP contribution >= 0.6 is 0 Å². The Morgan fingerprint density at radius 3 is 2.80 bits per heavy atom. The number of hydrogen-bond acceptors (Lipinski definition) is 3. The van der Waals surface area contributed by atoms with Gasteiger partial charge in [0.25, 0.3) is 0 Å². The highest BCUT2D eigenvalue weighted by atomic mass is 16.3. The molecule has 3 atom stereocenters. The standard InChI is InChI=1S/C17H28N2O/c1-13-7-6-8-15(11-13)17(14(2)18)19-10-5-3-4-9-16(19)12-20/h6-8,11,14,16-17,20H,3-5,9-10,12,18H2,1-2H3. The van der Waals surface area contributed by atoms with Gasteiger partial charge in [-0.2, -0.15) is 0 Å². The summed E-state index contributed by atoms with van der Waals surface area (Å²) in [5.74, 6) is 0. The van der Waals surface area contributed by atoms with Gasteiger partial charge in [-0.15, -0.1) is 0 Å². The van der Waals surface area contributed by atoms with E-state index in [9.17, 15) is 5.11 Å². The first-order valence-corrected chi connectivity index (χ1v) is 7.82. The number of hydrogen-bond donors (Lipinski definition) is 2. The van der Waals surface area contributed by atoms with Gasteiger partial charge in [0, 0.05) is 18.1 Å². The molecule has 0 aliphatic carbocycles. The van der Waals surface area contributed by atoms with Crippen LogP contribution in [0.5, 0.6) is 0 Å². The Kier molecular flexibility index (Phi) is 5.58. The molecule has 2 rings (SSSR count). The topological polar surface area (TPSA) is 49.5 Å². The fraction of sp³-hybridized carbons (Fsp3) is 0.647. The number of benzene rings is 1. The van der Waals surface area contributed by atoms with E-state index in [-0.39, 0.29) is 24.7 Å². The van der Waals surface area contributed by atoms with E-state index in [0.717, 1.165) is 13.0 Å². The maximum atomic E-state index is 9.74. The summed E-state index contributed by atoms with van der Waals surface area (Å²) >= 11 is 0. The van der Waals surface area contributed by atoms with Crippen molar-refractivity contribution in [2.75, 3.05) is 13.2 Å². The summed E-state index contributed by atoms with van der Waals surface area (Å²) in [5, 5.41) is 9.74. The van der Waals surface area contributed by atoms with Crippen molar-refractivity contribution in [2.45, 2.75) is 57.7 Å². The summed E-state index contributed by atoms with van der Waals surface area (Å²) in [6.45, 7) is 5.46. The molecule has 3 heteroatoms. The van der Waals surface area contributed by atoms with E-state index >= 15 is 0 Å². The van der Waals surface area contributed by atoms with Crippen LogP contribution in [0.25, 0.3) is 0 Å². The van der Waals surface area contributed by atoms with Gasteiger partial charge in [-0.3, -0.25) is 4.90 Å². The maximum Gasteiger partial charge on any atom is 0.0587 e. The highest BCUT2D eigenvalue weighted by Crippen LogP contribution is 2.30. The van der Waals surface area contributed by atoms with Gasteiger partial charge in [0.2, 0.25) is 0 Å². The van der Waals surface area contributed by atoms with E-state index in [1.807, 2.05) is 0 Å². The summed E-state index contributed by atoms with van der Waals surface area (Å²) in [6, 6.07) is 9.12. The molecule has 0 bridgehead atoms. The van der Waals surface area contributed by atoms with Crippen molar-refractivity contribution in [2.24, 2.45) is 5.73 Å². The normalized spacial score (nSPS) is 24.1. The highest BCUT2D eigenvalue weighted by molar-refractivity contribution is 5.26. The van der Waals surface area contributed by atoms with Crippen LogP contribution in [-0.2, 0) is 0 Å². The molecule has 1 aromatic rings. The van der Waals surface area contributed by atoms with Crippen molar-refractivity contribution in [3.8, 4) is 0 Å². The number of nitrogens with zero attached hydrogens (tertiary/aromatic N) is 1. The Morgan fingerprint density at radius 1 is 1.35 bits per heavy atom. The molecule has 0 aromatic heterocycles.